The fourth-order valence-corrected chi connectivity index (χ4v) is 5.68. The second-order valence-electron chi connectivity index (χ2n) is 5.36. The minimum Gasteiger partial charge on any atom is -0.298 e. The number of hydrogen-bond acceptors (Lipinski definition) is 6. The Morgan fingerprint density at radius 2 is 1.91 bits per heavy atom. The van der Waals surface area contributed by atoms with Gasteiger partial charge >= 0.3 is 0 Å². The van der Waals surface area contributed by atoms with Crippen LogP contribution in [0.25, 0.3) is 0 Å². The molecule has 0 spiro atoms. The van der Waals surface area contributed by atoms with Crippen molar-refractivity contribution in [3.05, 3.63) is 46.5 Å². The van der Waals surface area contributed by atoms with E-state index in [4.69, 9.17) is 0 Å². The highest BCUT2D eigenvalue weighted by Gasteiger charge is 2.49. The van der Waals surface area contributed by atoms with Gasteiger partial charge in [-0.3, -0.25) is 14.9 Å². The minimum absolute atomic E-state index is 0.00370. The van der Waals surface area contributed by atoms with Gasteiger partial charge in [0.2, 0.25) is 10.0 Å². The van der Waals surface area contributed by atoms with Crippen molar-refractivity contribution in [1.29, 1.82) is 0 Å². The Bertz CT molecular complexity index is 788. The van der Waals surface area contributed by atoms with E-state index in [-0.39, 0.29) is 22.8 Å². The van der Waals surface area contributed by atoms with Crippen LogP contribution in [0.3, 0.4) is 0 Å². The van der Waals surface area contributed by atoms with Gasteiger partial charge in [0.25, 0.3) is 5.69 Å². The number of fused-ring (bicyclic) bond motifs is 2. The Kier molecular flexibility index (Phi) is 4.03. The summed E-state index contributed by atoms with van der Waals surface area (Å²) in [5, 5.41) is 10.3. The largest absolute Gasteiger partial charge is 0.298 e. The number of nitro benzene ring substituents is 1. The number of non-ortho nitro benzene ring substituents is 1. The third kappa shape index (κ3) is 2.58. The van der Waals surface area contributed by atoms with Gasteiger partial charge in [0.05, 0.1) is 27.2 Å². The van der Waals surface area contributed by atoms with Crippen molar-refractivity contribution >= 4 is 33.3 Å². The predicted molar refractivity (Wildman–Crippen MR) is 85.8 cm³/mol. The predicted octanol–water partition coefficient (Wildman–Crippen LogP) is 1.60. The summed E-state index contributed by atoms with van der Waals surface area (Å²) in [4.78, 5) is 22.2. The molecule has 9 heteroatoms. The quantitative estimate of drug-likeness (QED) is 0.463. The van der Waals surface area contributed by atoms with Crippen LogP contribution in [0, 0.1) is 10.1 Å². The summed E-state index contributed by atoms with van der Waals surface area (Å²) < 4.78 is 27.1. The van der Waals surface area contributed by atoms with Crippen LogP contribution in [0.5, 0.6) is 0 Å². The van der Waals surface area contributed by atoms with Gasteiger partial charge in [-0.15, -0.1) is 0 Å². The number of nitro groups is 1. The third-order valence-corrected chi connectivity index (χ3v) is 7.05. The minimum atomic E-state index is -3.82. The summed E-state index contributed by atoms with van der Waals surface area (Å²) in [5.74, 6) is 0.0487. The van der Waals surface area contributed by atoms with E-state index < -0.39 is 32.3 Å². The Labute approximate surface area is 137 Å². The molecule has 1 aromatic rings. The zero-order valence-corrected chi connectivity index (χ0v) is 13.8. The maximum absolute atomic E-state index is 12.9. The van der Waals surface area contributed by atoms with Crippen molar-refractivity contribution < 1.29 is 18.1 Å². The van der Waals surface area contributed by atoms with E-state index in [1.807, 2.05) is 0 Å². The highest BCUT2D eigenvalue weighted by Crippen LogP contribution is 2.38. The standard InChI is InChI=1S/C14H14N2O5S2/c1-22-14-12-7-4-10(8-13(14)17)15(12)23(20,21)11-5-2-9(3-6-11)16(18)19/h2-7,10,12,14H,8H2,1H3. The van der Waals surface area contributed by atoms with Crippen LogP contribution in [0.2, 0.25) is 0 Å². The molecule has 1 aromatic carbocycles. The first kappa shape index (κ1) is 16.2. The van der Waals surface area contributed by atoms with Gasteiger partial charge in [0, 0.05) is 18.6 Å². The SMILES string of the molecule is CSC1C(=O)CC2C=CC1N2S(=O)(=O)c1ccc([N+](=O)[O-])cc1. The number of carbonyl (C=O) groups is 1. The van der Waals surface area contributed by atoms with E-state index >= 15 is 0 Å². The second-order valence-corrected chi connectivity index (χ2v) is 8.18. The van der Waals surface area contributed by atoms with Crippen LogP contribution in [0.4, 0.5) is 5.69 Å². The summed E-state index contributed by atoms with van der Waals surface area (Å²) >= 11 is 1.34. The highest BCUT2D eigenvalue weighted by atomic mass is 32.2. The average Bonchev–Trinajstić information content (AvgIpc) is 2.85. The van der Waals surface area contributed by atoms with Crippen molar-refractivity contribution in [3.63, 3.8) is 0 Å². The number of benzene rings is 1. The van der Waals surface area contributed by atoms with Gasteiger partial charge in [-0.1, -0.05) is 12.2 Å². The highest BCUT2D eigenvalue weighted by molar-refractivity contribution is 8.00. The molecule has 2 bridgehead atoms. The average molecular weight is 354 g/mol. The number of carbonyl (C=O) groups excluding carboxylic acids is 1. The molecule has 2 heterocycles. The van der Waals surface area contributed by atoms with Crippen molar-refractivity contribution in [2.24, 2.45) is 0 Å². The summed E-state index contributed by atoms with van der Waals surface area (Å²) in [5.41, 5.74) is -0.166. The van der Waals surface area contributed by atoms with E-state index in [1.54, 1.807) is 18.4 Å². The molecule has 3 atom stereocenters. The van der Waals surface area contributed by atoms with E-state index in [2.05, 4.69) is 0 Å². The lowest BCUT2D eigenvalue weighted by Crippen LogP contribution is -2.53. The van der Waals surface area contributed by atoms with Gasteiger partial charge in [-0.25, -0.2) is 8.42 Å². The first-order chi connectivity index (χ1) is 10.9. The summed E-state index contributed by atoms with van der Waals surface area (Å²) in [6.07, 6.45) is 5.46. The molecular weight excluding hydrogens is 340 g/mol. The van der Waals surface area contributed by atoms with E-state index in [0.29, 0.717) is 0 Å². The number of Topliss-reactive ketones (excluding diaryl/α,β-unsaturated/α-hetero) is 1. The zero-order chi connectivity index (χ0) is 16.8. The van der Waals surface area contributed by atoms with Gasteiger partial charge < -0.3 is 0 Å². The summed E-state index contributed by atoms with van der Waals surface area (Å²) in [7, 11) is -3.82. The number of nitrogens with zero attached hydrogens (tertiary/aromatic N) is 2. The molecule has 0 aliphatic carbocycles. The lowest BCUT2D eigenvalue weighted by Gasteiger charge is -2.37. The number of ketones is 1. The van der Waals surface area contributed by atoms with Gasteiger partial charge in [0.1, 0.15) is 5.78 Å². The maximum atomic E-state index is 12.9. The first-order valence-corrected chi connectivity index (χ1v) is 9.61. The van der Waals surface area contributed by atoms with Crippen LogP contribution in [-0.4, -0.2) is 47.0 Å². The van der Waals surface area contributed by atoms with Crippen molar-refractivity contribution in [1.82, 2.24) is 4.31 Å². The van der Waals surface area contributed by atoms with Crippen LogP contribution in [0.15, 0.2) is 41.3 Å². The Morgan fingerprint density at radius 1 is 1.26 bits per heavy atom. The van der Waals surface area contributed by atoms with Crippen molar-refractivity contribution in [3.8, 4) is 0 Å². The van der Waals surface area contributed by atoms with E-state index in [0.717, 1.165) is 0 Å². The number of sulfonamides is 1. The zero-order valence-electron chi connectivity index (χ0n) is 12.2. The van der Waals surface area contributed by atoms with E-state index in [1.165, 1.54) is 40.3 Å². The molecule has 3 rings (SSSR count). The van der Waals surface area contributed by atoms with Crippen LogP contribution >= 0.6 is 11.8 Å². The Balaban J connectivity index is 1.97. The smallest absolute Gasteiger partial charge is 0.269 e. The van der Waals surface area contributed by atoms with Gasteiger partial charge in [-0.05, 0) is 18.4 Å². The normalized spacial score (nSPS) is 27.3. The monoisotopic (exact) mass is 354 g/mol. The van der Waals surface area contributed by atoms with Crippen molar-refractivity contribution in [2.75, 3.05) is 6.26 Å². The Hall–Kier alpha value is -1.71. The molecule has 7 nitrogen and oxygen atoms in total. The fourth-order valence-electron chi connectivity index (χ4n) is 3.01. The molecule has 1 saturated heterocycles. The van der Waals surface area contributed by atoms with Gasteiger partial charge in [-0.2, -0.15) is 16.1 Å². The molecule has 0 radical (unpaired) electrons. The molecule has 0 aromatic heterocycles. The first-order valence-electron chi connectivity index (χ1n) is 6.88. The molecule has 0 amide bonds. The second kappa shape index (κ2) is 5.73. The summed E-state index contributed by atoms with van der Waals surface area (Å²) in [6.45, 7) is 0. The van der Waals surface area contributed by atoms with Crippen LogP contribution in [-0.2, 0) is 14.8 Å². The molecular formula is C14H14N2O5S2. The van der Waals surface area contributed by atoms with Crippen molar-refractivity contribution in [2.45, 2.75) is 28.6 Å². The fraction of sp³-hybridized carbons (Fsp3) is 0.357. The third-order valence-electron chi connectivity index (χ3n) is 4.07. The number of rotatable bonds is 4. The maximum Gasteiger partial charge on any atom is 0.269 e. The molecule has 1 fully saturated rings. The number of thioether (sulfide) groups is 1. The molecule has 3 unspecified atom stereocenters. The summed E-state index contributed by atoms with van der Waals surface area (Å²) in [6, 6.07) is 3.83. The lowest BCUT2D eigenvalue weighted by atomic mass is 10.0. The topological polar surface area (TPSA) is 97.6 Å². The number of hydrogen-bond donors (Lipinski definition) is 0. The molecule has 0 N–H and O–H groups in total. The molecule has 2 aliphatic heterocycles. The van der Waals surface area contributed by atoms with Crippen LogP contribution < -0.4 is 0 Å². The lowest BCUT2D eigenvalue weighted by molar-refractivity contribution is -0.384. The number of piperidine rings is 1. The molecule has 122 valence electrons. The Morgan fingerprint density at radius 3 is 2.48 bits per heavy atom. The van der Waals surface area contributed by atoms with Gasteiger partial charge in [0.15, 0.2) is 0 Å². The van der Waals surface area contributed by atoms with E-state index in [9.17, 15) is 23.3 Å². The molecule has 23 heavy (non-hydrogen) atoms. The molecule has 0 saturated carbocycles. The molecule has 2 aliphatic rings. The van der Waals surface area contributed by atoms with Crippen LogP contribution in [0.1, 0.15) is 6.42 Å².